The minimum Gasteiger partial charge on any atom is -0.463 e. The van der Waals surface area contributed by atoms with Crippen molar-refractivity contribution >= 4 is 14.3 Å². The monoisotopic (exact) mass is 370 g/mol. The molecule has 1 N–H and O–H groups in total. The second kappa shape index (κ2) is 10.3. The lowest BCUT2D eigenvalue weighted by atomic mass is 9.96. The van der Waals surface area contributed by atoms with Crippen LogP contribution in [0.3, 0.4) is 0 Å². The number of carbonyl (C=O) groups excluding carboxylic acids is 1. The Morgan fingerprint density at radius 2 is 1.76 bits per heavy atom. The van der Waals surface area contributed by atoms with Crippen LogP contribution in [0.1, 0.15) is 54.9 Å². The molecule has 3 atom stereocenters. The fourth-order valence-electron chi connectivity index (χ4n) is 2.04. The normalized spacial score (nSPS) is 17.4. The van der Waals surface area contributed by atoms with Gasteiger partial charge in [-0.1, -0.05) is 45.4 Å². The van der Waals surface area contributed by atoms with Gasteiger partial charge in [0.25, 0.3) is 0 Å². The van der Waals surface area contributed by atoms with E-state index in [2.05, 4.69) is 33.9 Å². The van der Waals surface area contributed by atoms with Gasteiger partial charge in [0.2, 0.25) is 0 Å². The van der Waals surface area contributed by atoms with Gasteiger partial charge in [-0.05, 0) is 45.3 Å². The first kappa shape index (κ1) is 24.1. The topological polar surface area (TPSA) is 55.8 Å². The number of carbonyl (C=O) groups is 1. The molecular formula is C20H38O4Si. The molecule has 0 aliphatic carbocycles. The van der Waals surface area contributed by atoms with Gasteiger partial charge in [0.1, 0.15) is 0 Å². The highest BCUT2D eigenvalue weighted by atomic mass is 28.4. The minimum absolute atomic E-state index is 0.000304. The zero-order valence-corrected chi connectivity index (χ0v) is 18.6. The van der Waals surface area contributed by atoms with E-state index in [0.717, 1.165) is 5.57 Å². The molecule has 146 valence electrons. The number of allylic oxidation sites excluding steroid dienone is 2. The van der Waals surface area contributed by atoms with Gasteiger partial charge in [0.05, 0.1) is 12.7 Å². The predicted molar refractivity (Wildman–Crippen MR) is 107 cm³/mol. The van der Waals surface area contributed by atoms with E-state index < -0.39 is 14.4 Å². The molecular weight excluding hydrogens is 332 g/mol. The summed E-state index contributed by atoms with van der Waals surface area (Å²) in [4.78, 5) is 11.3. The van der Waals surface area contributed by atoms with Crippen LogP contribution in [0.5, 0.6) is 0 Å². The van der Waals surface area contributed by atoms with Gasteiger partial charge < -0.3 is 14.3 Å². The van der Waals surface area contributed by atoms with Crippen LogP contribution in [0.2, 0.25) is 18.1 Å². The smallest absolute Gasteiger partial charge is 0.330 e. The highest BCUT2D eigenvalue weighted by Crippen LogP contribution is 2.38. The molecule has 0 bridgehead atoms. The van der Waals surface area contributed by atoms with Crippen LogP contribution in [0.4, 0.5) is 0 Å². The molecule has 0 heterocycles. The molecule has 0 aromatic rings. The summed E-state index contributed by atoms with van der Waals surface area (Å²) in [5.74, 6) is -0.312. The Labute approximate surface area is 155 Å². The summed E-state index contributed by atoms with van der Waals surface area (Å²) in [6.07, 6.45) is 5.12. The maximum absolute atomic E-state index is 11.3. The molecule has 0 saturated heterocycles. The van der Waals surface area contributed by atoms with Crippen LogP contribution in [0, 0.1) is 5.92 Å². The second-order valence-corrected chi connectivity index (χ2v) is 13.0. The average molecular weight is 371 g/mol. The van der Waals surface area contributed by atoms with Gasteiger partial charge in [0.15, 0.2) is 8.32 Å². The summed E-state index contributed by atoms with van der Waals surface area (Å²) in [6, 6.07) is 0. The van der Waals surface area contributed by atoms with Crippen molar-refractivity contribution in [1.29, 1.82) is 0 Å². The summed E-state index contributed by atoms with van der Waals surface area (Å²) in [7, 11) is -1.84. The van der Waals surface area contributed by atoms with Crippen molar-refractivity contribution in [3.05, 3.63) is 23.8 Å². The molecule has 0 aliphatic heterocycles. The van der Waals surface area contributed by atoms with Crippen LogP contribution >= 0.6 is 0 Å². The zero-order chi connectivity index (χ0) is 19.8. The largest absolute Gasteiger partial charge is 0.463 e. The second-order valence-electron chi connectivity index (χ2n) is 8.28. The van der Waals surface area contributed by atoms with Crippen molar-refractivity contribution in [2.75, 3.05) is 6.61 Å². The predicted octanol–water partition coefficient (Wildman–Crippen LogP) is 4.85. The molecule has 0 radical (unpaired) electrons. The lowest BCUT2D eigenvalue weighted by Crippen LogP contribution is -2.46. The fourth-order valence-corrected chi connectivity index (χ4v) is 3.54. The highest BCUT2D eigenvalue weighted by Gasteiger charge is 2.39. The third kappa shape index (κ3) is 8.84. The first-order valence-corrected chi connectivity index (χ1v) is 12.1. The van der Waals surface area contributed by atoms with Gasteiger partial charge >= 0.3 is 5.97 Å². The SMILES string of the molecule is CCOC(=O)/C=C/C(C)=C/C[C@@H](O)[C@H](C)[C@@H](C)O[Si](C)(C)C(C)(C)C. The Hall–Kier alpha value is -0.913. The summed E-state index contributed by atoms with van der Waals surface area (Å²) in [5, 5.41) is 10.6. The molecule has 0 saturated carbocycles. The van der Waals surface area contributed by atoms with E-state index in [4.69, 9.17) is 9.16 Å². The maximum Gasteiger partial charge on any atom is 0.330 e. The van der Waals surface area contributed by atoms with E-state index in [9.17, 15) is 9.90 Å². The summed E-state index contributed by atoms with van der Waals surface area (Å²) >= 11 is 0. The van der Waals surface area contributed by atoms with Crippen LogP contribution in [0.25, 0.3) is 0 Å². The lowest BCUT2D eigenvalue weighted by Gasteiger charge is -2.40. The molecule has 0 spiro atoms. The van der Waals surface area contributed by atoms with E-state index in [0.29, 0.717) is 13.0 Å². The summed E-state index contributed by atoms with van der Waals surface area (Å²) in [6.45, 7) is 19.2. The Morgan fingerprint density at radius 1 is 1.20 bits per heavy atom. The van der Waals surface area contributed by atoms with Gasteiger partial charge in [-0.3, -0.25) is 0 Å². The number of esters is 1. The summed E-state index contributed by atoms with van der Waals surface area (Å²) < 4.78 is 11.2. The maximum atomic E-state index is 11.3. The molecule has 0 unspecified atom stereocenters. The Bertz CT molecular complexity index is 475. The van der Waals surface area contributed by atoms with Crippen LogP contribution in [-0.2, 0) is 14.0 Å². The summed E-state index contributed by atoms with van der Waals surface area (Å²) in [5.41, 5.74) is 0.928. The number of aliphatic hydroxyl groups excluding tert-OH is 1. The van der Waals surface area contributed by atoms with Crippen molar-refractivity contribution in [2.24, 2.45) is 5.92 Å². The molecule has 25 heavy (non-hydrogen) atoms. The van der Waals surface area contributed by atoms with E-state index >= 15 is 0 Å². The van der Waals surface area contributed by atoms with Gasteiger partial charge in [-0.2, -0.15) is 0 Å². The Kier molecular flexibility index (Phi) is 9.91. The molecule has 0 amide bonds. The van der Waals surface area contributed by atoms with Crippen molar-refractivity contribution in [3.8, 4) is 0 Å². The van der Waals surface area contributed by atoms with Crippen molar-refractivity contribution in [3.63, 3.8) is 0 Å². The van der Waals surface area contributed by atoms with Crippen LogP contribution in [-0.4, -0.2) is 38.2 Å². The third-order valence-corrected chi connectivity index (χ3v) is 9.66. The third-order valence-electron chi connectivity index (χ3n) is 5.08. The highest BCUT2D eigenvalue weighted by molar-refractivity contribution is 6.74. The van der Waals surface area contributed by atoms with E-state index in [1.54, 1.807) is 13.0 Å². The van der Waals surface area contributed by atoms with Crippen molar-refractivity contribution in [2.45, 2.75) is 85.2 Å². The quantitative estimate of drug-likeness (QED) is 0.273. The molecule has 0 rings (SSSR count). The standard InChI is InChI=1S/C20H38O4Si/c1-10-23-19(22)14-12-15(2)11-13-18(21)16(3)17(4)24-25(8,9)20(5,6)7/h11-12,14,16-18,21H,10,13H2,1-9H3/b14-12+,15-11+/t16-,17-,18-/m1/s1. The molecule has 0 fully saturated rings. The minimum atomic E-state index is -1.84. The van der Waals surface area contributed by atoms with Crippen molar-refractivity contribution in [1.82, 2.24) is 0 Å². The number of hydrogen-bond acceptors (Lipinski definition) is 4. The number of rotatable bonds is 9. The van der Waals surface area contributed by atoms with Crippen LogP contribution in [0.15, 0.2) is 23.8 Å². The Morgan fingerprint density at radius 3 is 2.24 bits per heavy atom. The van der Waals surface area contributed by atoms with E-state index in [1.165, 1.54) is 6.08 Å². The van der Waals surface area contributed by atoms with Gasteiger partial charge in [-0.25, -0.2) is 4.79 Å². The zero-order valence-electron chi connectivity index (χ0n) is 17.6. The van der Waals surface area contributed by atoms with E-state index in [1.807, 2.05) is 26.8 Å². The first-order valence-electron chi connectivity index (χ1n) is 9.19. The number of ether oxygens (including phenoxy) is 1. The average Bonchev–Trinajstić information content (AvgIpc) is 2.48. The van der Waals surface area contributed by atoms with Crippen LogP contribution < -0.4 is 0 Å². The fraction of sp³-hybridized carbons (Fsp3) is 0.750. The Balaban J connectivity index is 4.66. The lowest BCUT2D eigenvalue weighted by molar-refractivity contribution is -0.137. The van der Waals surface area contributed by atoms with Crippen molar-refractivity contribution < 1.29 is 19.1 Å². The van der Waals surface area contributed by atoms with Gasteiger partial charge in [-0.15, -0.1) is 0 Å². The molecule has 0 aromatic heterocycles. The number of aliphatic hydroxyl groups is 1. The molecule has 4 nitrogen and oxygen atoms in total. The van der Waals surface area contributed by atoms with Gasteiger partial charge in [0, 0.05) is 18.1 Å². The number of hydrogen-bond donors (Lipinski definition) is 1. The first-order chi connectivity index (χ1) is 11.3. The molecule has 0 aromatic carbocycles. The molecule has 5 heteroatoms. The molecule has 0 aliphatic rings. The van der Waals surface area contributed by atoms with E-state index in [-0.39, 0.29) is 23.0 Å².